The lowest BCUT2D eigenvalue weighted by Crippen LogP contribution is -1.97. The molecule has 2 aromatic carbocycles. The molecule has 0 aliphatic rings. The molecule has 0 saturated carbocycles. The summed E-state index contributed by atoms with van der Waals surface area (Å²) in [4.78, 5) is 0. The molecule has 0 aliphatic heterocycles. The van der Waals surface area contributed by atoms with Crippen molar-refractivity contribution in [3.05, 3.63) is 50.6 Å². The summed E-state index contributed by atoms with van der Waals surface area (Å²) >= 11 is 8.39. The number of nitrogen functional groups attached to an aromatic ring is 1. The molecule has 0 heterocycles. The molecule has 0 saturated heterocycles. The Morgan fingerprint density at radius 3 is 2.59 bits per heavy atom. The van der Waals surface area contributed by atoms with Crippen LogP contribution in [0.25, 0.3) is 0 Å². The highest BCUT2D eigenvalue weighted by atomic mass is 127. The molecule has 0 unspecified atom stereocenters. The van der Waals surface area contributed by atoms with E-state index < -0.39 is 0 Å². The summed E-state index contributed by atoms with van der Waals surface area (Å²) in [6.45, 7) is 2.03. The fraction of sp³-hybridized carbons (Fsp3) is 0.0769. The van der Waals surface area contributed by atoms with Gasteiger partial charge in [-0.15, -0.1) is 0 Å². The Bertz CT molecular complexity index is 555. The Morgan fingerprint density at radius 2 is 1.88 bits per heavy atom. The van der Waals surface area contributed by atoms with Gasteiger partial charge in [0.2, 0.25) is 0 Å². The van der Waals surface area contributed by atoms with Gasteiger partial charge in [-0.05, 0) is 65.4 Å². The number of nitrogens with two attached hydrogens (primary N) is 1. The Hall–Kier alpha value is -0.940. The fourth-order valence-corrected chi connectivity index (χ4v) is 2.42. The summed E-state index contributed by atoms with van der Waals surface area (Å²) in [7, 11) is 0. The molecule has 2 aromatic rings. The minimum absolute atomic E-state index is 0.692. The fourth-order valence-electron chi connectivity index (χ4n) is 1.51. The van der Waals surface area contributed by atoms with E-state index in [2.05, 4.69) is 27.9 Å². The quantitative estimate of drug-likeness (QED) is 0.609. The van der Waals surface area contributed by atoms with Gasteiger partial charge >= 0.3 is 0 Å². The van der Waals surface area contributed by atoms with Crippen LogP contribution in [0.4, 0.5) is 17.1 Å². The topological polar surface area (TPSA) is 38.0 Å². The lowest BCUT2D eigenvalue weighted by Gasteiger charge is -2.11. The summed E-state index contributed by atoms with van der Waals surface area (Å²) in [6, 6.07) is 11.7. The third-order valence-electron chi connectivity index (χ3n) is 2.41. The van der Waals surface area contributed by atoms with Gasteiger partial charge in [0.15, 0.2) is 0 Å². The minimum atomic E-state index is 0.692. The molecule has 0 radical (unpaired) electrons. The zero-order chi connectivity index (χ0) is 12.4. The van der Waals surface area contributed by atoms with Crippen molar-refractivity contribution in [2.24, 2.45) is 0 Å². The van der Waals surface area contributed by atoms with Crippen molar-refractivity contribution >= 4 is 51.3 Å². The second-order valence-electron chi connectivity index (χ2n) is 3.84. The molecule has 0 aromatic heterocycles. The van der Waals surface area contributed by atoms with Crippen LogP contribution in [0.1, 0.15) is 5.56 Å². The molecule has 3 N–H and O–H groups in total. The van der Waals surface area contributed by atoms with Crippen molar-refractivity contribution < 1.29 is 0 Å². The summed E-state index contributed by atoms with van der Waals surface area (Å²) in [5.41, 5.74) is 9.53. The first kappa shape index (κ1) is 12.5. The third-order valence-corrected chi connectivity index (χ3v) is 3.39. The van der Waals surface area contributed by atoms with Gasteiger partial charge in [-0.1, -0.05) is 17.7 Å². The summed E-state index contributed by atoms with van der Waals surface area (Å²) < 4.78 is 1.11. The highest BCUT2D eigenvalue weighted by molar-refractivity contribution is 14.1. The Morgan fingerprint density at radius 1 is 1.12 bits per heavy atom. The monoisotopic (exact) mass is 358 g/mol. The van der Waals surface area contributed by atoms with Crippen LogP contribution >= 0.6 is 34.2 Å². The lowest BCUT2D eigenvalue weighted by molar-refractivity contribution is 1.45. The largest absolute Gasteiger partial charge is 0.397 e. The van der Waals surface area contributed by atoms with Gasteiger partial charge in [-0.2, -0.15) is 0 Å². The zero-order valence-electron chi connectivity index (χ0n) is 9.30. The lowest BCUT2D eigenvalue weighted by atomic mass is 10.2. The van der Waals surface area contributed by atoms with E-state index in [1.807, 2.05) is 43.3 Å². The van der Waals surface area contributed by atoms with E-state index in [1.54, 1.807) is 0 Å². The number of rotatable bonds is 2. The van der Waals surface area contributed by atoms with E-state index in [4.69, 9.17) is 17.3 Å². The van der Waals surface area contributed by atoms with E-state index in [0.29, 0.717) is 10.7 Å². The maximum Gasteiger partial charge on any atom is 0.0651 e. The Balaban J connectivity index is 2.34. The van der Waals surface area contributed by atoms with Crippen LogP contribution in [0.2, 0.25) is 5.02 Å². The second kappa shape index (κ2) is 5.14. The van der Waals surface area contributed by atoms with Crippen LogP contribution in [0.5, 0.6) is 0 Å². The van der Waals surface area contributed by atoms with Crippen LogP contribution in [0, 0.1) is 10.5 Å². The molecule has 0 atom stereocenters. The molecule has 0 aliphatic carbocycles. The van der Waals surface area contributed by atoms with Gasteiger partial charge < -0.3 is 11.1 Å². The number of nitrogens with one attached hydrogen (secondary N) is 1. The SMILES string of the molecule is Cc1ccc(N)c(Nc2ccc(I)cc2Cl)c1. The molecular weight excluding hydrogens is 347 g/mol. The first-order chi connectivity index (χ1) is 8.06. The molecule has 0 amide bonds. The van der Waals surface area contributed by atoms with Crippen LogP contribution in [-0.2, 0) is 0 Å². The highest BCUT2D eigenvalue weighted by Crippen LogP contribution is 2.30. The van der Waals surface area contributed by atoms with Crippen LogP contribution in [0.3, 0.4) is 0 Å². The first-order valence-electron chi connectivity index (χ1n) is 5.14. The standard InChI is InChI=1S/C13H12ClIN2/c1-8-2-4-11(16)13(6-8)17-12-5-3-9(15)7-10(12)14/h2-7,17H,16H2,1H3. The van der Waals surface area contributed by atoms with E-state index in [0.717, 1.165) is 20.5 Å². The molecule has 4 heteroatoms. The average Bonchev–Trinajstić information content (AvgIpc) is 2.27. The number of anilines is 3. The van der Waals surface area contributed by atoms with E-state index in [-0.39, 0.29) is 0 Å². The van der Waals surface area contributed by atoms with Crippen molar-refractivity contribution in [2.45, 2.75) is 6.92 Å². The second-order valence-corrected chi connectivity index (χ2v) is 5.49. The van der Waals surface area contributed by atoms with Crippen LogP contribution in [0.15, 0.2) is 36.4 Å². The Kier molecular flexibility index (Phi) is 3.79. The first-order valence-corrected chi connectivity index (χ1v) is 6.60. The van der Waals surface area contributed by atoms with Gasteiger partial charge in [0.05, 0.1) is 22.1 Å². The van der Waals surface area contributed by atoms with Crippen molar-refractivity contribution in [2.75, 3.05) is 11.1 Å². The van der Waals surface area contributed by atoms with E-state index >= 15 is 0 Å². The molecule has 88 valence electrons. The van der Waals surface area contributed by atoms with Crippen LogP contribution in [-0.4, -0.2) is 0 Å². The summed E-state index contributed by atoms with van der Waals surface area (Å²) in [5, 5.41) is 3.94. The van der Waals surface area contributed by atoms with Gasteiger partial charge in [0, 0.05) is 3.57 Å². The predicted molar refractivity (Wildman–Crippen MR) is 83.0 cm³/mol. The highest BCUT2D eigenvalue weighted by Gasteiger charge is 2.04. The minimum Gasteiger partial charge on any atom is -0.397 e. The average molecular weight is 359 g/mol. The van der Waals surface area contributed by atoms with Crippen molar-refractivity contribution in [1.29, 1.82) is 0 Å². The molecule has 2 nitrogen and oxygen atoms in total. The smallest absolute Gasteiger partial charge is 0.0651 e. The normalized spacial score (nSPS) is 10.3. The number of aryl methyl sites for hydroxylation is 1. The third kappa shape index (κ3) is 3.04. The number of halogens is 2. The summed E-state index contributed by atoms with van der Waals surface area (Å²) in [6.07, 6.45) is 0. The van der Waals surface area contributed by atoms with Gasteiger partial charge in [-0.3, -0.25) is 0 Å². The van der Waals surface area contributed by atoms with Crippen molar-refractivity contribution in [3.63, 3.8) is 0 Å². The van der Waals surface area contributed by atoms with Crippen molar-refractivity contribution in [1.82, 2.24) is 0 Å². The molecule has 2 rings (SSSR count). The maximum absolute atomic E-state index is 6.16. The molecule has 0 fully saturated rings. The molecule has 0 spiro atoms. The van der Waals surface area contributed by atoms with E-state index in [1.165, 1.54) is 0 Å². The summed E-state index contributed by atoms with van der Waals surface area (Å²) in [5.74, 6) is 0. The number of hydrogen-bond donors (Lipinski definition) is 2. The molecular formula is C13H12ClIN2. The Labute approximate surface area is 119 Å². The van der Waals surface area contributed by atoms with Gasteiger partial charge in [0.25, 0.3) is 0 Å². The van der Waals surface area contributed by atoms with E-state index in [9.17, 15) is 0 Å². The maximum atomic E-state index is 6.16. The number of benzene rings is 2. The van der Waals surface area contributed by atoms with Crippen LogP contribution < -0.4 is 11.1 Å². The van der Waals surface area contributed by atoms with Gasteiger partial charge in [0.1, 0.15) is 0 Å². The van der Waals surface area contributed by atoms with Gasteiger partial charge in [-0.25, -0.2) is 0 Å². The van der Waals surface area contributed by atoms with Crippen molar-refractivity contribution in [3.8, 4) is 0 Å². The number of hydrogen-bond acceptors (Lipinski definition) is 2. The molecule has 17 heavy (non-hydrogen) atoms. The zero-order valence-corrected chi connectivity index (χ0v) is 12.2. The molecule has 0 bridgehead atoms. The predicted octanol–water partition coefficient (Wildman–Crippen LogP) is 4.58.